The van der Waals surface area contributed by atoms with Crippen molar-refractivity contribution in [2.24, 2.45) is 0 Å². The average Bonchev–Trinajstić information content (AvgIpc) is 2.71. The van der Waals surface area contributed by atoms with Crippen LogP contribution in [0.4, 0.5) is 0 Å². The Bertz CT molecular complexity index is 790. The van der Waals surface area contributed by atoms with Crippen molar-refractivity contribution in [3.63, 3.8) is 0 Å². The molecule has 1 unspecified atom stereocenters. The van der Waals surface area contributed by atoms with Gasteiger partial charge in [0, 0.05) is 34.1 Å². The zero-order valence-electron chi connectivity index (χ0n) is 19.2. The molecule has 12 nitrogen and oxygen atoms in total. The van der Waals surface area contributed by atoms with Crippen molar-refractivity contribution in [3.05, 3.63) is 0 Å². The fourth-order valence-corrected chi connectivity index (χ4v) is 3.39. The molecule has 0 spiro atoms. The molecule has 5 atom stereocenters. The first-order valence-corrected chi connectivity index (χ1v) is 10.0. The Balaban J connectivity index is 3.43. The number of rotatable bonds is 10. The van der Waals surface area contributed by atoms with Crippen LogP contribution in [0.1, 0.15) is 40.5 Å². The SMILES string of the molecule is C#CCO[C@]1(C(=O)OC)C[C@@H](OC(C)=O)[C@@H](NC(C)=O)C(C[C@@H](COC(C)=O)OC(C)=O)O1. The van der Waals surface area contributed by atoms with E-state index in [1.807, 2.05) is 0 Å². The second kappa shape index (κ2) is 12.8. The number of amides is 1. The Morgan fingerprint density at radius 3 is 2.27 bits per heavy atom. The van der Waals surface area contributed by atoms with Crippen LogP contribution in [0.5, 0.6) is 0 Å². The molecule has 184 valence electrons. The first-order chi connectivity index (χ1) is 15.4. The molecule has 1 rings (SSSR count). The fourth-order valence-electron chi connectivity index (χ4n) is 3.39. The minimum absolute atomic E-state index is 0.173. The molecule has 0 aliphatic carbocycles. The molecule has 1 amide bonds. The van der Waals surface area contributed by atoms with E-state index in [1.165, 1.54) is 13.8 Å². The zero-order chi connectivity index (χ0) is 25.2. The summed E-state index contributed by atoms with van der Waals surface area (Å²) in [5.74, 6) is -3.27. The van der Waals surface area contributed by atoms with Gasteiger partial charge in [0.05, 0.1) is 25.7 Å². The number of hydrogen-bond donors (Lipinski definition) is 1. The number of carbonyl (C=O) groups excluding carboxylic acids is 5. The van der Waals surface area contributed by atoms with Gasteiger partial charge in [-0.05, 0) is 0 Å². The Kier molecular flexibility index (Phi) is 10.8. The molecule has 0 aromatic carbocycles. The smallest absolute Gasteiger partial charge is 0.366 e. The molecule has 0 bridgehead atoms. The van der Waals surface area contributed by atoms with E-state index >= 15 is 0 Å². The van der Waals surface area contributed by atoms with E-state index in [2.05, 4.69) is 11.2 Å². The third kappa shape index (κ3) is 8.70. The summed E-state index contributed by atoms with van der Waals surface area (Å²) in [5.41, 5.74) is 0. The summed E-state index contributed by atoms with van der Waals surface area (Å²) in [6, 6.07) is -0.978. The zero-order valence-corrected chi connectivity index (χ0v) is 19.2. The molecule has 1 N–H and O–H groups in total. The maximum atomic E-state index is 12.7. The molecule has 0 saturated carbocycles. The highest BCUT2D eigenvalue weighted by atomic mass is 16.7. The van der Waals surface area contributed by atoms with Gasteiger partial charge in [0.2, 0.25) is 5.91 Å². The molecule has 1 saturated heterocycles. The fraction of sp³-hybridized carbons (Fsp3) is 0.667. The molecule has 0 aromatic heterocycles. The lowest BCUT2D eigenvalue weighted by molar-refractivity contribution is -0.297. The van der Waals surface area contributed by atoms with Crippen molar-refractivity contribution >= 4 is 29.8 Å². The highest BCUT2D eigenvalue weighted by molar-refractivity contribution is 5.78. The number of carbonyl (C=O) groups is 5. The first kappa shape index (κ1) is 27.9. The van der Waals surface area contributed by atoms with Gasteiger partial charge >= 0.3 is 23.9 Å². The predicted octanol–water partition coefficient (Wildman–Crippen LogP) is -0.384. The minimum Gasteiger partial charge on any atom is -0.465 e. The third-order valence-electron chi connectivity index (χ3n) is 4.49. The predicted molar refractivity (Wildman–Crippen MR) is 109 cm³/mol. The van der Waals surface area contributed by atoms with E-state index < -0.39 is 59.9 Å². The maximum Gasteiger partial charge on any atom is 0.366 e. The largest absolute Gasteiger partial charge is 0.465 e. The number of ether oxygens (including phenoxy) is 6. The number of methoxy groups -OCH3 is 1. The van der Waals surface area contributed by atoms with E-state index in [1.54, 1.807) is 0 Å². The monoisotopic (exact) mass is 471 g/mol. The van der Waals surface area contributed by atoms with Gasteiger partial charge in [0.1, 0.15) is 25.4 Å². The molecule has 0 radical (unpaired) electrons. The van der Waals surface area contributed by atoms with Gasteiger partial charge in [0.15, 0.2) is 0 Å². The van der Waals surface area contributed by atoms with Gasteiger partial charge in [-0.2, -0.15) is 0 Å². The standard InChI is InChI=1S/C21H29NO11/c1-7-8-30-21(20(27)28-6)10-18(32-15(5)26)19(22-12(2)23)17(33-21)9-16(31-14(4)25)11-29-13(3)24/h1,16-19H,8-11H2,2-6H3,(H,22,23)/t16-,17?,18+,19-,21+/m0/s1. The number of nitrogens with one attached hydrogen (secondary N) is 1. The minimum atomic E-state index is -2.08. The van der Waals surface area contributed by atoms with E-state index in [0.717, 1.165) is 21.0 Å². The molecule has 0 aromatic rings. The molecular weight excluding hydrogens is 442 g/mol. The molecule has 12 heteroatoms. The van der Waals surface area contributed by atoms with Gasteiger partial charge < -0.3 is 33.7 Å². The van der Waals surface area contributed by atoms with Crippen molar-refractivity contribution in [1.82, 2.24) is 5.32 Å². The Labute approximate surface area is 191 Å². The molecule has 33 heavy (non-hydrogen) atoms. The summed E-state index contributed by atoms with van der Waals surface area (Å²) >= 11 is 0. The molecule has 1 heterocycles. The van der Waals surface area contributed by atoms with Gasteiger partial charge in [-0.25, -0.2) is 4.79 Å². The van der Waals surface area contributed by atoms with Gasteiger partial charge in [-0.3, -0.25) is 19.2 Å². The molecule has 1 aliphatic rings. The Morgan fingerprint density at radius 1 is 1.12 bits per heavy atom. The van der Waals surface area contributed by atoms with Crippen LogP contribution in [0.25, 0.3) is 0 Å². The average molecular weight is 471 g/mol. The first-order valence-electron chi connectivity index (χ1n) is 10.0. The Morgan fingerprint density at radius 2 is 1.79 bits per heavy atom. The van der Waals surface area contributed by atoms with Crippen molar-refractivity contribution in [3.8, 4) is 12.3 Å². The second-order valence-electron chi connectivity index (χ2n) is 7.24. The Hall–Kier alpha value is -3.17. The lowest BCUT2D eigenvalue weighted by Gasteiger charge is -2.46. The van der Waals surface area contributed by atoms with Crippen LogP contribution in [-0.4, -0.2) is 80.2 Å². The summed E-state index contributed by atoms with van der Waals surface area (Å²) in [6.07, 6.45) is 1.50. The summed E-state index contributed by atoms with van der Waals surface area (Å²) in [6.45, 7) is 4.05. The summed E-state index contributed by atoms with van der Waals surface area (Å²) in [7, 11) is 1.10. The second-order valence-corrected chi connectivity index (χ2v) is 7.24. The van der Waals surface area contributed by atoms with Gasteiger partial charge in [-0.15, -0.1) is 6.42 Å². The van der Waals surface area contributed by atoms with Gasteiger partial charge in [0.25, 0.3) is 5.79 Å². The molecule has 1 aliphatic heterocycles. The molecular formula is C21H29NO11. The van der Waals surface area contributed by atoms with Crippen molar-refractivity contribution in [1.29, 1.82) is 0 Å². The van der Waals surface area contributed by atoms with Gasteiger partial charge in [-0.1, -0.05) is 5.92 Å². The summed E-state index contributed by atoms with van der Waals surface area (Å²) < 4.78 is 31.8. The van der Waals surface area contributed by atoms with Crippen LogP contribution in [0.2, 0.25) is 0 Å². The normalized spacial score (nSPS) is 25.0. The van der Waals surface area contributed by atoms with Crippen LogP contribution in [-0.2, 0) is 52.4 Å². The van der Waals surface area contributed by atoms with Crippen molar-refractivity contribution in [2.75, 3.05) is 20.3 Å². The maximum absolute atomic E-state index is 12.7. The molecule has 1 fully saturated rings. The topological polar surface area (TPSA) is 153 Å². The highest BCUT2D eigenvalue weighted by Gasteiger charge is 2.55. The van der Waals surface area contributed by atoms with Crippen molar-refractivity contribution < 1.29 is 52.4 Å². The summed E-state index contributed by atoms with van der Waals surface area (Å²) in [5, 5.41) is 2.62. The lowest BCUT2D eigenvalue weighted by atomic mass is 9.89. The number of hydrogen-bond acceptors (Lipinski definition) is 11. The number of terminal acetylenes is 1. The van der Waals surface area contributed by atoms with Crippen molar-refractivity contribution in [2.45, 2.75) is 70.7 Å². The van der Waals surface area contributed by atoms with E-state index in [4.69, 9.17) is 34.8 Å². The van der Waals surface area contributed by atoms with Crippen LogP contribution in [0.3, 0.4) is 0 Å². The van der Waals surface area contributed by atoms with E-state index in [9.17, 15) is 24.0 Å². The third-order valence-corrected chi connectivity index (χ3v) is 4.49. The quantitative estimate of drug-likeness (QED) is 0.252. The highest BCUT2D eigenvalue weighted by Crippen LogP contribution is 2.35. The lowest BCUT2D eigenvalue weighted by Crippen LogP contribution is -2.65. The van der Waals surface area contributed by atoms with E-state index in [-0.39, 0.29) is 26.1 Å². The van der Waals surface area contributed by atoms with Crippen LogP contribution >= 0.6 is 0 Å². The van der Waals surface area contributed by atoms with Crippen LogP contribution in [0, 0.1) is 12.3 Å². The summed E-state index contributed by atoms with van der Waals surface area (Å²) in [4.78, 5) is 59.1. The van der Waals surface area contributed by atoms with E-state index in [0.29, 0.717) is 0 Å². The van der Waals surface area contributed by atoms with Crippen LogP contribution < -0.4 is 5.32 Å². The number of esters is 4. The van der Waals surface area contributed by atoms with Crippen LogP contribution in [0.15, 0.2) is 0 Å².